The number of benzene rings is 1. The van der Waals surface area contributed by atoms with Crippen molar-refractivity contribution in [3.8, 4) is 0 Å². The van der Waals surface area contributed by atoms with Crippen LogP contribution in [0.3, 0.4) is 0 Å². The van der Waals surface area contributed by atoms with Gasteiger partial charge in [0.1, 0.15) is 0 Å². The molecule has 0 bridgehead atoms. The van der Waals surface area contributed by atoms with Gasteiger partial charge in [0.05, 0.1) is 5.69 Å². The lowest BCUT2D eigenvalue weighted by Gasteiger charge is -2.06. The highest BCUT2D eigenvalue weighted by atomic mass is 79.9. The van der Waals surface area contributed by atoms with Crippen molar-refractivity contribution in [2.75, 3.05) is 5.32 Å². The third-order valence-electron chi connectivity index (χ3n) is 1.80. The van der Waals surface area contributed by atoms with Gasteiger partial charge in [-0.15, -0.1) is 0 Å². The molecule has 0 saturated carbocycles. The van der Waals surface area contributed by atoms with Crippen molar-refractivity contribution in [2.24, 2.45) is 0 Å². The minimum absolute atomic E-state index is 0.675. The highest BCUT2D eigenvalue weighted by Crippen LogP contribution is 2.25. The number of anilines is 1. The molecule has 1 rings (SSSR count). The van der Waals surface area contributed by atoms with Crippen molar-refractivity contribution in [3.63, 3.8) is 0 Å². The van der Waals surface area contributed by atoms with E-state index in [-0.39, 0.29) is 0 Å². The van der Waals surface area contributed by atoms with Gasteiger partial charge in [-0.1, -0.05) is 0 Å². The third-order valence-corrected chi connectivity index (χ3v) is 2.45. The zero-order valence-corrected chi connectivity index (χ0v) is 8.60. The molecule has 2 nitrogen and oxygen atoms in total. The zero-order valence-electron chi connectivity index (χ0n) is 7.02. The molecule has 0 aliphatic carbocycles. The van der Waals surface area contributed by atoms with Crippen LogP contribution in [-0.2, 0) is 4.79 Å². The molecular weight excluding hydrogens is 218 g/mol. The van der Waals surface area contributed by atoms with Crippen molar-refractivity contribution in [1.82, 2.24) is 0 Å². The van der Waals surface area contributed by atoms with E-state index >= 15 is 0 Å². The Bertz CT molecular complexity index is 310. The van der Waals surface area contributed by atoms with Crippen LogP contribution in [0.2, 0.25) is 0 Å². The number of amides is 1. The molecule has 0 spiro atoms. The molecule has 0 aliphatic heterocycles. The van der Waals surface area contributed by atoms with E-state index in [4.69, 9.17) is 0 Å². The Labute approximate surface area is 80.1 Å². The molecule has 1 aromatic rings. The van der Waals surface area contributed by atoms with Gasteiger partial charge in [-0.2, -0.15) is 0 Å². The molecule has 0 radical (unpaired) electrons. The third kappa shape index (κ3) is 1.85. The molecule has 0 aliphatic rings. The number of nitrogens with one attached hydrogen (secondary N) is 1. The first kappa shape index (κ1) is 9.26. The van der Waals surface area contributed by atoms with E-state index in [1.54, 1.807) is 0 Å². The summed E-state index contributed by atoms with van der Waals surface area (Å²) in [6.45, 7) is 4.04. The fourth-order valence-electron chi connectivity index (χ4n) is 0.955. The molecule has 0 saturated heterocycles. The average Bonchev–Trinajstić information content (AvgIpc) is 2.01. The monoisotopic (exact) mass is 227 g/mol. The molecule has 64 valence electrons. The Kier molecular flexibility index (Phi) is 2.87. The molecule has 0 heterocycles. The summed E-state index contributed by atoms with van der Waals surface area (Å²) in [4.78, 5) is 10.2. The first-order chi connectivity index (χ1) is 5.65. The van der Waals surface area contributed by atoms with Gasteiger partial charge in [0.15, 0.2) is 0 Å². The lowest BCUT2D eigenvalue weighted by molar-refractivity contribution is -0.105. The van der Waals surface area contributed by atoms with E-state index < -0.39 is 0 Å². The van der Waals surface area contributed by atoms with E-state index in [1.807, 2.05) is 26.0 Å². The summed E-state index contributed by atoms with van der Waals surface area (Å²) in [6, 6.07) is 3.93. The number of halogens is 1. The summed E-state index contributed by atoms with van der Waals surface area (Å²) in [6.07, 6.45) is 0.675. The number of hydrogen-bond donors (Lipinski definition) is 1. The minimum Gasteiger partial charge on any atom is -0.328 e. The van der Waals surface area contributed by atoms with E-state index in [0.29, 0.717) is 6.41 Å². The van der Waals surface area contributed by atoms with Crippen molar-refractivity contribution in [3.05, 3.63) is 27.7 Å². The normalized spacial score (nSPS) is 9.58. The van der Waals surface area contributed by atoms with Crippen LogP contribution in [0, 0.1) is 13.8 Å². The Balaban J connectivity index is 3.13. The number of hydrogen-bond acceptors (Lipinski definition) is 1. The van der Waals surface area contributed by atoms with Crippen LogP contribution in [0.25, 0.3) is 0 Å². The smallest absolute Gasteiger partial charge is 0.211 e. The topological polar surface area (TPSA) is 29.1 Å². The van der Waals surface area contributed by atoms with Crippen LogP contribution < -0.4 is 5.32 Å². The Hall–Kier alpha value is -0.830. The summed E-state index contributed by atoms with van der Waals surface area (Å²) in [5, 5.41) is 2.62. The van der Waals surface area contributed by atoms with E-state index in [1.165, 1.54) is 11.1 Å². The van der Waals surface area contributed by atoms with Crippen molar-refractivity contribution < 1.29 is 4.79 Å². The fraction of sp³-hybridized carbons (Fsp3) is 0.222. The van der Waals surface area contributed by atoms with Crippen LogP contribution in [0.5, 0.6) is 0 Å². The van der Waals surface area contributed by atoms with Gasteiger partial charge in [0.2, 0.25) is 6.41 Å². The average molecular weight is 228 g/mol. The fourth-order valence-corrected chi connectivity index (χ4v) is 1.53. The molecule has 12 heavy (non-hydrogen) atoms. The van der Waals surface area contributed by atoms with Crippen LogP contribution in [-0.4, -0.2) is 6.41 Å². The largest absolute Gasteiger partial charge is 0.328 e. The summed E-state index contributed by atoms with van der Waals surface area (Å²) >= 11 is 3.36. The molecule has 0 fully saturated rings. The molecule has 0 aromatic heterocycles. The van der Waals surface area contributed by atoms with Crippen LogP contribution in [0.15, 0.2) is 16.6 Å². The molecule has 3 heteroatoms. The van der Waals surface area contributed by atoms with Crippen molar-refractivity contribution in [1.29, 1.82) is 0 Å². The SMILES string of the molecule is Cc1cc(Br)c(NC=O)cc1C. The van der Waals surface area contributed by atoms with Gasteiger partial charge in [0, 0.05) is 4.47 Å². The quantitative estimate of drug-likeness (QED) is 0.774. The predicted octanol–water partition coefficient (Wildman–Crippen LogP) is 2.63. The Morgan fingerprint density at radius 3 is 2.50 bits per heavy atom. The summed E-state index contributed by atoms with van der Waals surface area (Å²) in [5.41, 5.74) is 3.19. The van der Waals surface area contributed by atoms with E-state index in [0.717, 1.165) is 10.2 Å². The first-order valence-electron chi connectivity index (χ1n) is 3.62. The Morgan fingerprint density at radius 1 is 1.33 bits per heavy atom. The lowest BCUT2D eigenvalue weighted by Crippen LogP contribution is -1.96. The maximum absolute atomic E-state index is 10.2. The highest BCUT2D eigenvalue weighted by molar-refractivity contribution is 9.10. The zero-order chi connectivity index (χ0) is 9.14. The van der Waals surface area contributed by atoms with Crippen LogP contribution in [0.1, 0.15) is 11.1 Å². The molecule has 1 N–H and O–H groups in total. The van der Waals surface area contributed by atoms with Gasteiger partial charge in [-0.05, 0) is 53.0 Å². The maximum Gasteiger partial charge on any atom is 0.211 e. The molecule has 1 amide bonds. The van der Waals surface area contributed by atoms with Crippen LogP contribution >= 0.6 is 15.9 Å². The second-order valence-corrected chi connectivity index (χ2v) is 3.53. The second kappa shape index (κ2) is 3.72. The number of aryl methyl sites for hydroxylation is 2. The first-order valence-corrected chi connectivity index (χ1v) is 4.41. The number of rotatable bonds is 2. The standard InChI is InChI=1S/C9H10BrNO/c1-6-3-8(10)9(11-5-12)4-7(6)2/h3-5H,1-2H3,(H,11,12). The van der Waals surface area contributed by atoms with Gasteiger partial charge in [0.25, 0.3) is 0 Å². The summed E-state index contributed by atoms with van der Waals surface area (Å²) < 4.78 is 0.915. The molecule has 1 aromatic carbocycles. The van der Waals surface area contributed by atoms with Crippen molar-refractivity contribution in [2.45, 2.75) is 13.8 Å². The van der Waals surface area contributed by atoms with Crippen molar-refractivity contribution >= 4 is 28.0 Å². The minimum atomic E-state index is 0.675. The second-order valence-electron chi connectivity index (χ2n) is 2.68. The maximum atomic E-state index is 10.2. The molecule has 0 unspecified atom stereocenters. The number of carbonyl (C=O) groups is 1. The van der Waals surface area contributed by atoms with Gasteiger partial charge in [-0.3, -0.25) is 4.79 Å². The van der Waals surface area contributed by atoms with Gasteiger partial charge < -0.3 is 5.32 Å². The van der Waals surface area contributed by atoms with Crippen LogP contribution in [0.4, 0.5) is 5.69 Å². The predicted molar refractivity (Wildman–Crippen MR) is 53.3 cm³/mol. The molecule has 0 atom stereocenters. The lowest BCUT2D eigenvalue weighted by atomic mass is 10.1. The van der Waals surface area contributed by atoms with Gasteiger partial charge in [-0.25, -0.2) is 0 Å². The Morgan fingerprint density at radius 2 is 1.92 bits per heavy atom. The van der Waals surface area contributed by atoms with Gasteiger partial charge >= 0.3 is 0 Å². The summed E-state index contributed by atoms with van der Waals surface area (Å²) in [7, 11) is 0. The molecular formula is C9H10BrNO. The van der Waals surface area contributed by atoms with E-state index in [9.17, 15) is 4.79 Å². The van der Waals surface area contributed by atoms with E-state index in [2.05, 4.69) is 21.2 Å². The summed E-state index contributed by atoms with van der Waals surface area (Å²) in [5.74, 6) is 0. The number of carbonyl (C=O) groups excluding carboxylic acids is 1. The highest BCUT2D eigenvalue weighted by Gasteiger charge is 2.00.